The largest absolute Gasteiger partial charge is 0.385 e. The molecule has 0 bridgehead atoms. The van der Waals surface area contributed by atoms with Crippen molar-refractivity contribution < 1.29 is 14.5 Å². The summed E-state index contributed by atoms with van der Waals surface area (Å²) in [7, 11) is 1.57. The predicted molar refractivity (Wildman–Crippen MR) is 66.9 cm³/mol. The number of hydrogen-bond donors (Lipinski definition) is 1. The van der Waals surface area contributed by atoms with Crippen LogP contribution >= 0.6 is 11.6 Å². The molecule has 1 amide bonds. The zero-order chi connectivity index (χ0) is 13.5. The van der Waals surface area contributed by atoms with Gasteiger partial charge in [0, 0.05) is 32.4 Å². The van der Waals surface area contributed by atoms with E-state index in [1.54, 1.807) is 7.11 Å². The summed E-state index contributed by atoms with van der Waals surface area (Å²) >= 11 is 5.83. The zero-order valence-corrected chi connectivity index (χ0v) is 10.6. The summed E-state index contributed by atoms with van der Waals surface area (Å²) in [5.74, 6) is -0.431. The lowest BCUT2D eigenvalue weighted by molar-refractivity contribution is -0.384. The average molecular weight is 273 g/mol. The van der Waals surface area contributed by atoms with Gasteiger partial charge >= 0.3 is 0 Å². The standard InChI is InChI=1S/C11H13ClN2O4/c1-18-6-2-5-13-11(15)9-7-8(14(16)17)3-4-10(9)12/h3-4,7H,2,5-6H2,1H3,(H,13,15). The molecule has 0 radical (unpaired) electrons. The monoisotopic (exact) mass is 272 g/mol. The van der Waals surface area contributed by atoms with Crippen LogP contribution in [0.5, 0.6) is 0 Å². The first kappa shape index (κ1) is 14.4. The molecule has 1 aromatic carbocycles. The van der Waals surface area contributed by atoms with Crippen molar-refractivity contribution in [2.45, 2.75) is 6.42 Å². The summed E-state index contributed by atoms with van der Waals surface area (Å²) in [4.78, 5) is 21.8. The highest BCUT2D eigenvalue weighted by atomic mass is 35.5. The number of non-ortho nitro benzene ring substituents is 1. The van der Waals surface area contributed by atoms with E-state index >= 15 is 0 Å². The lowest BCUT2D eigenvalue weighted by Crippen LogP contribution is -2.25. The number of carbonyl (C=O) groups excluding carboxylic acids is 1. The van der Waals surface area contributed by atoms with Crippen LogP contribution in [-0.2, 0) is 4.74 Å². The van der Waals surface area contributed by atoms with Crippen LogP contribution in [0.4, 0.5) is 5.69 Å². The van der Waals surface area contributed by atoms with Gasteiger partial charge in [0.2, 0.25) is 0 Å². The van der Waals surface area contributed by atoms with E-state index in [1.165, 1.54) is 12.1 Å². The van der Waals surface area contributed by atoms with Gasteiger partial charge in [-0.15, -0.1) is 0 Å². The van der Waals surface area contributed by atoms with E-state index < -0.39 is 10.8 Å². The van der Waals surface area contributed by atoms with Crippen molar-refractivity contribution >= 4 is 23.2 Å². The molecule has 0 spiro atoms. The first-order valence-electron chi connectivity index (χ1n) is 5.27. The zero-order valence-electron chi connectivity index (χ0n) is 9.81. The van der Waals surface area contributed by atoms with Gasteiger partial charge in [-0.25, -0.2) is 0 Å². The lowest BCUT2D eigenvalue weighted by atomic mass is 10.2. The Morgan fingerprint density at radius 2 is 2.28 bits per heavy atom. The van der Waals surface area contributed by atoms with Gasteiger partial charge in [0.25, 0.3) is 11.6 Å². The summed E-state index contributed by atoms with van der Waals surface area (Å²) in [5.41, 5.74) is -0.0651. The first-order chi connectivity index (χ1) is 8.56. The number of hydrogen-bond acceptors (Lipinski definition) is 4. The minimum absolute atomic E-state index is 0.100. The van der Waals surface area contributed by atoms with Crippen LogP contribution in [0.1, 0.15) is 16.8 Å². The van der Waals surface area contributed by atoms with Gasteiger partial charge in [0.1, 0.15) is 0 Å². The molecule has 18 heavy (non-hydrogen) atoms. The van der Waals surface area contributed by atoms with Gasteiger partial charge in [0.15, 0.2) is 0 Å². The van der Waals surface area contributed by atoms with Crippen LogP contribution in [0.2, 0.25) is 5.02 Å². The molecule has 7 heteroatoms. The third-order valence-electron chi connectivity index (χ3n) is 2.22. The molecule has 0 fully saturated rings. The molecule has 1 aromatic rings. The van der Waals surface area contributed by atoms with Crippen molar-refractivity contribution in [2.75, 3.05) is 20.3 Å². The number of benzene rings is 1. The molecule has 0 aromatic heterocycles. The fraction of sp³-hybridized carbons (Fsp3) is 0.364. The quantitative estimate of drug-likeness (QED) is 0.488. The molecular weight excluding hydrogens is 260 g/mol. The van der Waals surface area contributed by atoms with Crippen molar-refractivity contribution in [1.82, 2.24) is 5.32 Å². The second-order valence-electron chi connectivity index (χ2n) is 3.52. The number of nitro benzene ring substituents is 1. The van der Waals surface area contributed by atoms with Crippen molar-refractivity contribution in [2.24, 2.45) is 0 Å². The maximum absolute atomic E-state index is 11.7. The molecule has 0 heterocycles. The van der Waals surface area contributed by atoms with Crippen molar-refractivity contribution in [3.63, 3.8) is 0 Å². The second kappa shape index (κ2) is 6.93. The first-order valence-corrected chi connectivity index (χ1v) is 5.65. The number of nitrogens with one attached hydrogen (secondary N) is 1. The summed E-state index contributed by atoms with van der Waals surface area (Å²) in [6.45, 7) is 0.953. The summed E-state index contributed by atoms with van der Waals surface area (Å²) in [5, 5.41) is 13.4. The SMILES string of the molecule is COCCCNC(=O)c1cc([N+](=O)[O-])ccc1Cl. The van der Waals surface area contributed by atoms with Crippen LogP contribution in [0.25, 0.3) is 0 Å². The maximum atomic E-state index is 11.7. The Labute approximate surface area is 109 Å². The predicted octanol–water partition coefficient (Wildman–Crippen LogP) is 2.01. The molecule has 0 atom stereocenters. The van der Waals surface area contributed by atoms with E-state index in [-0.39, 0.29) is 16.3 Å². The number of ether oxygens (including phenoxy) is 1. The van der Waals surface area contributed by atoms with Crippen LogP contribution in [-0.4, -0.2) is 31.1 Å². The number of amides is 1. The fourth-order valence-corrected chi connectivity index (χ4v) is 1.52. The minimum atomic E-state index is -0.571. The molecule has 0 unspecified atom stereocenters. The summed E-state index contributed by atoms with van der Waals surface area (Å²) in [6, 6.07) is 3.75. The third-order valence-corrected chi connectivity index (χ3v) is 2.55. The molecule has 98 valence electrons. The molecule has 0 aliphatic rings. The van der Waals surface area contributed by atoms with Gasteiger partial charge in [-0.3, -0.25) is 14.9 Å². The normalized spacial score (nSPS) is 10.1. The maximum Gasteiger partial charge on any atom is 0.270 e. The van der Waals surface area contributed by atoms with Gasteiger partial charge in [-0.05, 0) is 12.5 Å². The topological polar surface area (TPSA) is 81.5 Å². The minimum Gasteiger partial charge on any atom is -0.385 e. The lowest BCUT2D eigenvalue weighted by Gasteiger charge is -2.06. The molecule has 0 aliphatic heterocycles. The van der Waals surface area contributed by atoms with E-state index in [2.05, 4.69) is 5.32 Å². The smallest absolute Gasteiger partial charge is 0.270 e. The van der Waals surface area contributed by atoms with Crippen molar-refractivity contribution in [3.05, 3.63) is 38.9 Å². The van der Waals surface area contributed by atoms with Crippen LogP contribution in [0.3, 0.4) is 0 Å². The number of methoxy groups -OCH3 is 1. The molecule has 0 saturated carbocycles. The molecule has 1 rings (SSSR count). The Bertz CT molecular complexity index is 451. The highest BCUT2D eigenvalue weighted by Gasteiger charge is 2.15. The molecule has 1 N–H and O–H groups in total. The average Bonchev–Trinajstić information content (AvgIpc) is 2.34. The van der Waals surface area contributed by atoms with Crippen molar-refractivity contribution in [1.29, 1.82) is 0 Å². The molecule has 0 saturated heterocycles. The Balaban J connectivity index is 2.72. The van der Waals surface area contributed by atoms with Gasteiger partial charge in [0.05, 0.1) is 15.5 Å². The fourth-order valence-electron chi connectivity index (χ4n) is 1.31. The number of rotatable bonds is 6. The third kappa shape index (κ3) is 3.97. The number of halogens is 1. The van der Waals surface area contributed by atoms with E-state index in [4.69, 9.17) is 16.3 Å². The highest BCUT2D eigenvalue weighted by Crippen LogP contribution is 2.21. The van der Waals surface area contributed by atoms with Crippen LogP contribution in [0, 0.1) is 10.1 Å². The Hall–Kier alpha value is -1.66. The van der Waals surface area contributed by atoms with E-state index in [1.807, 2.05) is 0 Å². The van der Waals surface area contributed by atoms with Gasteiger partial charge < -0.3 is 10.1 Å². The Morgan fingerprint density at radius 3 is 2.89 bits per heavy atom. The highest BCUT2D eigenvalue weighted by molar-refractivity contribution is 6.33. The Morgan fingerprint density at radius 1 is 1.56 bits per heavy atom. The second-order valence-corrected chi connectivity index (χ2v) is 3.93. The number of carbonyl (C=O) groups is 1. The molecule has 0 aliphatic carbocycles. The van der Waals surface area contributed by atoms with E-state index in [0.717, 1.165) is 6.07 Å². The van der Waals surface area contributed by atoms with Gasteiger partial charge in [-0.2, -0.15) is 0 Å². The number of nitro groups is 1. The molecular formula is C11H13ClN2O4. The van der Waals surface area contributed by atoms with Crippen LogP contribution < -0.4 is 5.32 Å². The number of nitrogens with zero attached hydrogens (tertiary/aromatic N) is 1. The van der Waals surface area contributed by atoms with Crippen molar-refractivity contribution in [3.8, 4) is 0 Å². The Kier molecular flexibility index (Phi) is 5.54. The van der Waals surface area contributed by atoms with E-state index in [0.29, 0.717) is 19.6 Å². The summed E-state index contributed by atoms with van der Waals surface area (Å²) in [6.07, 6.45) is 0.661. The molecule has 6 nitrogen and oxygen atoms in total. The van der Waals surface area contributed by atoms with E-state index in [9.17, 15) is 14.9 Å². The van der Waals surface area contributed by atoms with Gasteiger partial charge in [-0.1, -0.05) is 11.6 Å². The van der Waals surface area contributed by atoms with Crippen LogP contribution in [0.15, 0.2) is 18.2 Å². The summed E-state index contributed by atoms with van der Waals surface area (Å²) < 4.78 is 4.84.